The van der Waals surface area contributed by atoms with Crippen molar-refractivity contribution in [2.75, 3.05) is 19.0 Å². The minimum Gasteiger partial charge on any atom is -0.486 e. The summed E-state index contributed by atoms with van der Waals surface area (Å²) in [5.74, 6) is -0.532. The third-order valence-corrected chi connectivity index (χ3v) is 5.13. The van der Waals surface area contributed by atoms with E-state index in [9.17, 15) is 4.79 Å². The summed E-state index contributed by atoms with van der Waals surface area (Å²) in [4.78, 5) is 19.1. The molecule has 0 unspecified atom stereocenters. The Labute approximate surface area is 183 Å². The van der Waals surface area contributed by atoms with Crippen molar-refractivity contribution in [3.05, 3.63) is 82.3 Å². The molecule has 0 amide bonds. The number of rotatable bonds is 7. The lowest BCUT2D eigenvalue weighted by molar-refractivity contribution is 0.0988. The molecule has 158 valence electrons. The van der Waals surface area contributed by atoms with Crippen molar-refractivity contribution >= 4 is 34.2 Å². The highest BCUT2D eigenvalue weighted by Gasteiger charge is 2.21. The maximum Gasteiger partial charge on any atom is 0.177 e. The van der Waals surface area contributed by atoms with Crippen molar-refractivity contribution in [2.24, 2.45) is 0 Å². The molecule has 4 rings (SSSR count). The first-order chi connectivity index (χ1) is 14.9. The number of anilines is 1. The van der Waals surface area contributed by atoms with Crippen LogP contribution in [0.3, 0.4) is 0 Å². The number of ketones is 1. The lowest BCUT2D eigenvalue weighted by Gasteiger charge is -2.12. The van der Waals surface area contributed by atoms with E-state index in [4.69, 9.17) is 16.3 Å². The van der Waals surface area contributed by atoms with Crippen LogP contribution in [0.25, 0.3) is 11.0 Å². The van der Waals surface area contributed by atoms with E-state index >= 15 is 4.39 Å². The zero-order valence-corrected chi connectivity index (χ0v) is 17.8. The molecule has 0 saturated heterocycles. The van der Waals surface area contributed by atoms with Crippen LogP contribution in [0.15, 0.2) is 54.7 Å². The molecule has 0 fully saturated rings. The quantitative estimate of drug-likeness (QED) is 0.419. The Hall–Kier alpha value is -3.45. The summed E-state index contributed by atoms with van der Waals surface area (Å²) in [5.41, 5.74) is 1.95. The van der Waals surface area contributed by atoms with Crippen LogP contribution in [0, 0.1) is 5.82 Å². The standard InChI is InChI=1S/C23H20ClFN4O2/c1-29(2)23-16-10-15(12-26-22(16)27-28-23)11-18(30)20-17(24)8-9-19(21(20)25)31-13-14-6-4-3-5-7-14/h3-10,12H,11,13H2,1-2H3,(H,26,27,28). The van der Waals surface area contributed by atoms with Gasteiger partial charge in [0.25, 0.3) is 0 Å². The number of nitrogens with one attached hydrogen (secondary N) is 1. The van der Waals surface area contributed by atoms with Crippen LogP contribution in [0.5, 0.6) is 5.75 Å². The minimum absolute atomic E-state index is 0.0186. The highest BCUT2D eigenvalue weighted by Crippen LogP contribution is 2.30. The average Bonchev–Trinajstić information content (AvgIpc) is 3.17. The van der Waals surface area contributed by atoms with Gasteiger partial charge >= 0.3 is 0 Å². The molecule has 0 radical (unpaired) electrons. The number of ether oxygens (including phenoxy) is 1. The monoisotopic (exact) mass is 438 g/mol. The lowest BCUT2D eigenvalue weighted by Crippen LogP contribution is -2.10. The number of carbonyl (C=O) groups excluding carboxylic acids is 1. The highest BCUT2D eigenvalue weighted by atomic mass is 35.5. The van der Waals surface area contributed by atoms with Gasteiger partial charge in [0, 0.05) is 26.7 Å². The van der Waals surface area contributed by atoms with Crippen LogP contribution >= 0.6 is 11.6 Å². The molecule has 4 aromatic rings. The number of Topliss-reactive ketones (excluding diaryl/α,β-unsaturated/α-hetero) is 1. The third kappa shape index (κ3) is 4.36. The number of nitrogens with zero attached hydrogens (tertiary/aromatic N) is 3. The van der Waals surface area contributed by atoms with Gasteiger partial charge < -0.3 is 9.64 Å². The Kier molecular flexibility index (Phi) is 5.86. The minimum atomic E-state index is -0.764. The van der Waals surface area contributed by atoms with E-state index in [1.165, 1.54) is 12.1 Å². The van der Waals surface area contributed by atoms with E-state index in [0.717, 1.165) is 10.9 Å². The summed E-state index contributed by atoms with van der Waals surface area (Å²) >= 11 is 6.17. The van der Waals surface area contributed by atoms with E-state index in [-0.39, 0.29) is 29.4 Å². The van der Waals surface area contributed by atoms with Crippen LogP contribution in [0.4, 0.5) is 10.2 Å². The smallest absolute Gasteiger partial charge is 0.177 e. The van der Waals surface area contributed by atoms with Crippen LogP contribution in [0.1, 0.15) is 21.5 Å². The van der Waals surface area contributed by atoms with E-state index < -0.39 is 11.6 Å². The lowest BCUT2D eigenvalue weighted by atomic mass is 10.0. The number of carbonyl (C=O) groups is 1. The molecule has 0 spiro atoms. The van der Waals surface area contributed by atoms with Gasteiger partial charge in [-0.2, -0.15) is 5.10 Å². The fourth-order valence-corrected chi connectivity index (χ4v) is 3.53. The highest BCUT2D eigenvalue weighted by molar-refractivity contribution is 6.34. The molecule has 2 aromatic heterocycles. The number of hydrogen-bond acceptors (Lipinski definition) is 5. The van der Waals surface area contributed by atoms with Gasteiger partial charge in [-0.15, -0.1) is 0 Å². The maximum absolute atomic E-state index is 15.1. The first-order valence-electron chi connectivity index (χ1n) is 9.62. The van der Waals surface area contributed by atoms with E-state index in [0.29, 0.717) is 17.0 Å². The molecule has 0 aliphatic rings. The van der Waals surface area contributed by atoms with Crippen LogP contribution in [-0.2, 0) is 13.0 Å². The second kappa shape index (κ2) is 8.73. The van der Waals surface area contributed by atoms with Gasteiger partial charge in [-0.25, -0.2) is 9.37 Å². The van der Waals surface area contributed by atoms with E-state index in [2.05, 4.69) is 15.2 Å². The van der Waals surface area contributed by atoms with Gasteiger partial charge in [0.1, 0.15) is 6.61 Å². The molecule has 0 atom stereocenters. The van der Waals surface area contributed by atoms with Gasteiger partial charge in [0.05, 0.1) is 16.0 Å². The van der Waals surface area contributed by atoms with Crippen molar-refractivity contribution in [3.63, 3.8) is 0 Å². The number of pyridine rings is 1. The van der Waals surface area contributed by atoms with Crippen molar-refractivity contribution in [2.45, 2.75) is 13.0 Å². The number of aromatic nitrogens is 3. The Morgan fingerprint density at radius 1 is 1.16 bits per heavy atom. The first kappa shape index (κ1) is 20.8. The Morgan fingerprint density at radius 3 is 2.68 bits per heavy atom. The Balaban J connectivity index is 1.58. The molecule has 31 heavy (non-hydrogen) atoms. The van der Waals surface area contributed by atoms with E-state index in [1.807, 2.05) is 55.4 Å². The summed E-state index contributed by atoms with van der Waals surface area (Å²) in [6.07, 6.45) is 1.51. The largest absolute Gasteiger partial charge is 0.486 e. The van der Waals surface area contributed by atoms with Crippen molar-refractivity contribution in [1.82, 2.24) is 15.2 Å². The molecule has 0 aliphatic heterocycles. The average molecular weight is 439 g/mol. The predicted molar refractivity (Wildman–Crippen MR) is 118 cm³/mol. The molecular formula is C23H20ClFN4O2. The molecule has 0 saturated carbocycles. The van der Waals surface area contributed by atoms with E-state index in [1.54, 1.807) is 6.20 Å². The molecule has 6 nitrogen and oxygen atoms in total. The predicted octanol–water partition coefficient (Wildman–Crippen LogP) is 4.82. The summed E-state index contributed by atoms with van der Waals surface area (Å²) in [6, 6.07) is 14.1. The van der Waals surface area contributed by atoms with Crippen LogP contribution in [0.2, 0.25) is 5.02 Å². The molecular weight excluding hydrogens is 419 g/mol. The second-order valence-corrected chi connectivity index (χ2v) is 7.70. The zero-order chi connectivity index (χ0) is 22.0. The van der Waals surface area contributed by atoms with Crippen molar-refractivity contribution in [3.8, 4) is 5.75 Å². The van der Waals surface area contributed by atoms with Gasteiger partial charge in [-0.1, -0.05) is 41.9 Å². The van der Waals surface area contributed by atoms with Crippen molar-refractivity contribution < 1.29 is 13.9 Å². The maximum atomic E-state index is 15.1. The summed E-state index contributed by atoms with van der Waals surface area (Å²) in [5, 5.41) is 7.89. The fraction of sp³-hybridized carbons (Fsp3) is 0.174. The number of halogens is 2. The normalized spacial score (nSPS) is 11.0. The van der Waals surface area contributed by atoms with Crippen LogP contribution in [-0.4, -0.2) is 35.1 Å². The van der Waals surface area contributed by atoms with Gasteiger partial charge in [0.15, 0.2) is 28.8 Å². The molecule has 2 heterocycles. The number of hydrogen-bond donors (Lipinski definition) is 1. The third-order valence-electron chi connectivity index (χ3n) is 4.81. The Morgan fingerprint density at radius 2 is 1.94 bits per heavy atom. The van der Waals surface area contributed by atoms with Gasteiger partial charge in [0.2, 0.25) is 0 Å². The van der Waals surface area contributed by atoms with Gasteiger partial charge in [-0.3, -0.25) is 9.89 Å². The molecule has 1 N–H and O–H groups in total. The van der Waals surface area contributed by atoms with Crippen LogP contribution < -0.4 is 9.64 Å². The number of fused-ring (bicyclic) bond motifs is 1. The molecule has 2 aromatic carbocycles. The second-order valence-electron chi connectivity index (χ2n) is 7.29. The SMILES string of the molecule is CN(C)c1n[nH]c2ncc(CC(=O)c3c(Cl)ccc(OCc4ccccc4)c3F)cc12. The Bertz CT molecular complexity index is 1240. The van der Waals surface area contributed by atoms with Crippen molar-refractivity contribution in [1.29, 1.82) is 0 Å². The number of benzene rings is 2. The molecule has 8 heteroatoms. The molecule has 0 bridgehead atoms. The summed E-state index contributed by atoms with van der Waals surface area (Å²) in [6.45, 7) is 0.182. The zero-order valence-electron chi connectivity index (χ0n) is 17.0. The topological polar surface area (TPSA) is 71.1 Å². The molecule has 0 aliphatic carbocycles. The summed E-state index contributed by atoms with van der Waals surface area (Å²) in [7, 11) is 3.73. The number of H-pyrrole nitrogens is 1. The summed E-state index contributed by atoms with van der Waals surface area (Å²) < 4.78 is 20.7. The first-order valence-corrected chi connectivity index (χ1v) is 10.00. The number of aromatic amines is 1. The van der Waals surface area contributed by atoms with Gasteiger partial charge in [-0.05, 0) is 29.3 Å². The fourth-order valence-electron chi connectivity index (χ4n) is 3.28.